The summed E-state index contributed by atoms with van der Waals surface area (Å²) >= 11 is 3.04. The molecule has 2 aromatic rings. The molecule has 0 saturated heterocycles. The highest BCUT2D eigenvalue weighted by Gasteiger charge is 2.43. The molecule has 0 aliphatic heterocycles. The number of benzene rings is 1. The van der Waals surface area contributed by atoms with E-state index in [9.17, 15) is 23.1 Å². The zero-order valence-corrected chi connectivity index (χ0v) is 18.1. The molecule has 1 saturated carbocycles. The fraction of sp³-hybridized carbons (Fsp3) is 0.500. The normalized spacial score (nSPS) is 15.6. The lowest BCUT2D eigenvalue weighted by Crippen LogP contribution is -2.26. The number of anilines is 1. The van der Waals surface area contributed by atoms with Gasteiger partial charge in [0.25, 0.3) is 0 Å². The summed E-state index contributed by atoms with van der Waals surface area (Å²) in [5.74, 6) is -0.322. The Balaban J connectivity index is 1.93. The van der Waals surface area contributed by atoms with Crippen LogP contribution in [0.4, 0.5) is 18.9 Å². The number of carbonyl (C=O) groups excluding carboxylic acids is 1. The van der Waals surface area contributed by atoms with Crippen LogP contribution in [0, 0.1) is 6.92 Å². The molecule has 1 unspecified atom stereocenters. The molecule has 1 aromatic carbocycles. The van der Waals surface area contributed by atoms with Gasteiger partial charge in [0.1, 0.15) is 11.8 Å². The van der Waals surface area contributed by atoms with Gasteiger partial charge in [0, 0.05) is 11.6 Å². The van der Waals surface area contributed by atoms with Crippen LogP contribution in [0.3, 0.4) is 0 Å². The topological polar surface area (TPSA) is 67.2 Å². The van der Waals surface area contributed by atoms with Crippen molar-refractivity contribution in [2.45, 2.75) is 64.6 Å². The van der Waals surface area contributed by atoms with Crippen molar-refractivity contribution in [3.63, 3.8) is 0 Å². The number of phenolic OH excluding ortho intramolecular Hbond substituents is 1. The molecular formula is C20H23BrF3N3O2. The van der Waals surface area contributed by atoms with E-state index in [2.05, 4.69) is 26.3 Å². The number of alkyl halides is 3. The lowest BCUT2D eigenvalue weighted by Gasteiger charge is -2.18. The maximum absolute atomic E-state index is 13.3. The maximum atomic E-state index is 13.3. The summed E-state index contributed by atoms with van der Waals surface area (Å²) in [6, 6.07) is 2.33. The number of nitrogens with zero attached hydrogens (tertiary/aromatic N) is 2. The summed E-state index contributed by atoms with van der Waals surface area (Å²) in [5.41, 5.74) is 1.25. The van der Waals surface area contributed by atoms with Crippen molar-refractivity contribution in [2.75, 3.05) is 5.32 Å². The van der Waals surface area contributed by atoms with Crippen LogP contribution in [-0.4, -0.2) is 20.8 Å². The van der Waals surface area contributed by atoms with Crippen LogP contribution >= 0.6 is 15.9 Å². The van der Waals surface area contributed by atoms with E-state index >= 15 is 0 Å². The molecular weight excluding hydrogens is 451 g/mol. The summed E-state index contributed by atoms with van der Waals surface area (Å²) in [7, 11) is 0. The quantitative estimate of drug-likeness (QED) is 0.532. The van der Waals surface area contributed by atoms with Crippen molar-refractivity contribution in [1.29, 1.82) is 0 Å². The molecule has 1 amide bonds. The largest absolute Gasteiger partial charge is 0.508 e. The van der Waals surface area contributed by atoms with Gasteiger partial charge < -0.3 is 10.4 Å². The third kappa shape index (κ3) is 4.29. The number of amides is 1. The van der Waals surface area contributed by atoms with Crippen LogP contribution in [0.25, 0.3) is 0 Å². The Morgan fingerprint density at radius 3 is 2.45 bits per heavy atom. The number of nitrogens with one attached hydrogen (secondary N) is 1. The van der Waals surface area contributed by atoms with Crippen LogP contribution < -0.4 is 5.32 Å². The summed E-state index contributed by atoms with van der Waals surface area (Å²) in [6.45, 7) is 7.10. The number of aryl methyl sites for hydroxylation is 1. The number of hydrogen-bond acceptors (Lipinski definition) is 3. The molecule has 2 N–H and O–H groups in total. The molecule has 1 atom stereocenters. The number of halogens is 4. The van der Waals surface area contributed by atoms with Gasteiger partial charge in [-0.2, -0.15) is 18.3 Å². The van der Waals surface area contributed by atoms with Crippen LogP contribution in [0.1, 0.15) is 74.0 Å². The van der Waals surface area contributed by atoms with Crippen molar-refractivity contribution in [3.8, 4) is 5.75 Å². The predicted molar refractivity (Wildman–Crippen MR) is 107 cm³/mol. The minimum Gasteiger partial charge on any atom is -0.508 e. The van der Waals surface area contributed by atoms with Gasteiger partial charge in [0.15, 0.2) is 5.69 Å². The Kier molecular flexibility index (Phi) is 5.73. The summed E-state index contributed by atoms with van der Waals surface area (Å²) in [5, 5.41) is 16.6. The third-order valence-electron chi connectivity index (χ3n) is 5.12. The Bertz CT molecular complexity index is 949. The third-order valence-corrected chi connectivity index (χ3v) is 5.90. The fourth-order valence-corrected chi connectivity index (χ4v) is 4.09. The van der Waals surface area contributed by atoms with E-state index < -0.39 is 23.8 Å². The lowest BCUT2D eigenvalue weighted by molar-refractivity contribution is -0.142. The number of phenols is 1. The number of rotatable bonds is 5. The van der Waals surface area contributed by atoms with Crippen LogP contribution in [0.2, 0.25) is 0 Å². The lowest BCUT2D eigenvalue weighted by atomic mass is 9.99. The minimum absolute atomic E-state index is 0.0359. The first kappa shape index (κ1) is 21.7. The Hall–Kier alpha value is -2.03. The van der Waals surface area contributed by atoms with Gasteiger partial charge in [-0.15, -0.1) is 0 Å². The van der Waals surface area contributed by atoms with Gasteiger partial charge in [-0.1, -0.05) is 13.8 Å². The Labute approximate surface area is 175 Å². The minimum atomic E-state index is -4.61. The molecule has 0 bridgehead atoms. The van der Waals surface area contributed by atoms with E-state index in [0.717, 1.165) is 12.8 Å². The van der Waals surface area contributed by atoms with E-state index in [-0.39, 0.29) is 22.1 Å². The Morgan fingerprint density at radius 2 is 1.93 bits per heavy atom. The van der Waals surface area contributed by atoms with Crippen molar-refractivity contribution in [3.05, 3.63) is 39.1 Å². The van der Waals surface area contributed by atoms with Crippen LogP contribution in [0.5, 0.6) is 5.75 Å². The molecule has 0 radical (unpaired) electrons. The molecule has 3 rings (SSSR count). The second-order valence-corrected chi connectivity index (χ2v) is 8.60. The van der Waals surface area contributed by atoms with E-state index in [0.29, 0.717) is 22.5 Å². The van der Waals surface area contributed by atoms with Gasteiger partial charge >= 0.3 is 6.18 Å². The standard InChI is InChI=1S/C20H23BrF3N3O2/c1-9(2)13-8-14(10(3)7-15(13)28)25-19(29)11(4)27-17(12-5-6-12)16(21)18(26-27)20(22,23)24/h7-9,11-12,28H,5-6H2,1-4H3,(H,25,29). The average Bonchev–Trinajstić information content (AvgIpc) is 3.37. The van der Waals surface area contributed by atoms with Crippen molar-refractivity contribution < 1.29 is 23.1 Å². The van der Waals surface area contributed by atoms with Gasteiger partial charge in [-0.3, -0.25) is 9.48 Å². The second kappa shape index (κ2) is 7.66. The smallest absolute Gasteiger partial charge is 0.436 e. The van der Waals surface area contributed by atoms with E-state index in [1.807, 2.05) is 13.8 Å². The molecule has 1 aromatic heterocycles. The summed E-state index contributed by atoms with van der Waals surface area (Å²) in [6.07, 6.45) is -3.07. The van der Waals surface area contributed by atoms with Crippen LogP contribution in [-0.2, 0) is 11.0 Å². The monoisotopic (exact) mass is 473 g/mol. The molecule has 9 heteroatoms. The van der Waals surface area contributed by atoms with Gasteiger partial charge in [0.2, 0.25) is 5.91 Å². The van der Waals surface area contributed by atoms with Gasteiger partial charge in [-0.25, -0.2) is 0 Å². The van der Waals surface area contributed by atoms with Crippen molar-refractivity contribution in [2.24, 2.45) is 0 Å². The van der Waals surface area contributed by atoms with E-state index in [4.69, 9.17) is 0 Å². The SMILES string of the molecule is Cc1cc(O)c(C(C)C)cc1NC(=O)C(C)n1nc(C(F)(F)F)c(Br)c1C1CC1. The Morgan fingerprint density at radius 1 is 1.31 bits per heavy atom. The van der Waals surface area contributed by atoms with E-state index in [1.54, 1.807) is 19.1 Å². The number of hydrogen-bond donors (Lipinski definition) is 2. The van der Waals surface area contributed by atoms with Gasteiger partial charge in [0.05, 0.1) is 10.2 Å². The molecule has 1 fully saturated rings. The fourth-order valence-electron chi connectivity index (χ4n) is 3.28. The van der Waals surface area contributed by atoms with Crippen molar-refractivity contribution >= 4 is 27.5 Å². The molecule has 0 spiro atoms. The molecule has 5 nitrogen and oxygen atoms in total. The summed E-state index contributed by atoms with van der Waals surface area (Å²) in [4.78, 5) is 12.9. The highest BCUT2D eigenvalue weighted by Crippen LogP contribution is 2.47. The molecule has 29 heavy (non-hydrogen) atoms. The van der Waals surface area contributed by atoms with Crippen LogP contribution in [0.15, 0.2) is 16.6 Å². The zero-order valence-electron chi connectivity index (χ0n) is 16.6. The zero-order chi connectivity index (χ0) is 21.7. The number of aromatic hydroxyl groups is 1. The number of carbonyl (C=O) groups is 1. The maximum Gasteiger partial charge on any atom is 0.436 e. The molecule has 1 heterocycles. The summed E-state index contributed by atoms with van der Waals surface area (Å²) < 4.78 is 41.0. The molecule has 158 valence electrons. The first-order valence-electron chi connectivity index (χ1n) is 9.41. The first-order chi connectivity index (χ1) is 13.4. The average molecular weight is 474 g/mol. The van der Waals surface area contributed by atoms with Crippen molar-refractivity contribution in [1.82, 2.24) is 9.78 Å². The molecule has 1 aliphatic rings. The second-order valence-electron chi connectivity index (χ2n) is 7.81. The first-order valence-corrected chi connectivity index (χ1v) is 10.2. The highest BCUT2D eigenvalue weighted by atomic mass is 79.9. The number of aromatic nitrogens is 2. The highest BCUT2D eigenvalue weighted by molar-refractivity contribution is 9.10. The molecule has 1 aliphatic carbocycles. The predicted octanol–water partition coefficient (Wildman–Crippen LogP) is 5.88. The van der Waals surface area contributed by atoms with E-state index in [1.165, 1.54) is 11.6 Å². The van der Waals surface area contributed by atoms with Gasteiger partial charge in [-0.05, 0) is 71.8 Å².